The molecule has 0 aliphatic heterocycles. The third kappa shape index (κ3) is 4.66. The van der Waals surface area contributed by atoms with Crippen LogP contribution < -0.4 is 11.1 Å². The molecule has 17 heavy (non-hydrogen) atoms. The van der Waals surface area contributed by atoms with Crippen molar-refractivity contribution in [3.63, 3.8) is 0 Å². The second-order valence-corrected chi connectivity index (χ2v) is 4.73. The lowest BCUT2D eigenvalue weighted by Crippen LogP contribution is -2.31. The Morgan fingerprint density at radius 1 is 1.59 bits per heavy atom. The number of hydrogen-bond acceptors (Lipinski definition) is 4. The van der Waals surface area contributed by atoms with E-state index in [4.69, 9.17) is 18.0 Å². The van der Waals surface area contributed by atoms with Gasteiger partial charge in [0.2, 0.25) is 0 Å². The zero-order valence-electron chi connectivity index (χ0n) is 10.6. The molecule has 0 aromatic carbocycles. The summed E-state index contributed by atoms with van der Waals surface area (Å²) in [4.78, 5) is 6.88. The van der Waals surface area contributed by atoms with Crippen LogP contribution in [-0.2, 0) is 0 Å². The van der Waals surface area contributed by atoms with Gasteiger partial charge in [0, 0.05) is 30.9 Å². The smallest absolute Gasteiger partial charge is 0.126 e. The number of nitrogens with one attached hydrogen (secondary N) is 1. The Balaban J connectivity index is 2.47. The Kier molecular flexibility index (Phi) is 5.31. The summed E-state index contributed by atoms with van der Waals surface area (Å²) in [5.41, 5.74) is 6.41. The van der Waals surface area contributed by atoms with Gasteiger partial charge in [0.05, 0.1) is 0 Å². The summed E-state index contributed by atoms with van der Waals surface area (Å²) in [6.07, 6.45) is 1.71. The van der Waals surface area contributed by atoms with E-state index >= 15 is 0 Å². The fourth-order valence-electron chi connectivity index (χ4n) is 1.30. The highest BCUT2D eigenvalue weighted by atomic mass is 32.1. The van der Waals surface area contributed by atoms with E-state index in [9.17, 15) is 0 Å². The normalized spacial score (nSPS) is 10.9. The largest absolute Gasteiger partial charge is 0.389 e. The number of thiocarbonyl (C=S) groups is 1. The molecule has 0 saturated carbocycles. The number of pyridine rings is 1. The van der Waals surface area contributed by atoms with Crippen LogP contribution in [-0.4, -0.2) is 41.1 Å². The number of nitrogens with zero attached hydrogens (tertiary/aromatic N) is 2. The number of anilines is 1. The minimum absolute atomic E-state index is 0.398. The molecular formula is C12H20N4S. The average Bonchev–Trinajstić information content (AvgIpc) is 2.29. The number of nitrogens with two attached hydrogens (primary N) is 1. The van der Waals surface area contributed by atoms with E-state index in [1.54, 1.807) is 6.20 Å². The second-order valence-electron chi connectivity index (χ2n) is 4.30. The molecule has 0 aliphatic carbocycles. The minimum Gasteiger partial charge on any atom is -0.389 e. The molecule has 94 valence electrons. The Morgan fingerprint density at radius 3 is 2.88 bits per heavy atom. The second kappa shape index (κ2) is 6.51. The maximum Gasteiger partial charge on any atom is 0.126 e. The maximum atomic E-state index is 5.57. The lowest BCUT2D eigenvalue weighted by atomic mass is 10.2. The fraction of sp³-hybridized carbons (Fsp3) is 0.500. The van der Waals surface area contributed by atoms with E-state index in [2.05, 4.69) is 36.1 Å². The van der Waals surface area contributed by atoms with Crippen molar-refractivity contribution < 1.29 is 0 Å². The highest BCUT2D eigenvalue weighted by molar-refractivity contribution is 7.80. The van der Waals surface area contributed by atoms with Crippen LogP contribution in [0, 0.1) is 0 Å². The molecule has 1 aromatic rings. The van der Waals surface area contributed by atoms with E-state index in [0.717, 1.165) is 24.5 Å². The topological polar surface area (TPSA) is 54.2 Å². The molecule has 1 aromatic heterocycles. The predicted molar refractivity (Wildman–Crippen MR) is 76.4 cm³/mol. The highest BCUT2D eigenvalue weighted by Crippen LogP contribution is 2.06. The van der Waals surface area contributed by atoms with Crippen molar-refractivity contribution in [1.29, 1.82) is 0 Å². The summed E-state index contributed by atoms with van der Waals surface area (Å²) in [6, 6.07) is 4.23. The van der Waals surface area contributed by atoms with Crippen molar-refractivity contribution in [3.05, 3.63) is 23.9 Å². The SMILES string of the molecule is CC(C)N(C)CCNc1cc(C(N)=S)ccn1. The van der Waals surface area contributed by atoms with Crippen LogP contribution in [0.4, 0.5) is 5.82 Å². The standard InChI is InChI=1S/C12H20N4S/c1-9(2)16(3)7-6-15-11-8-10(12(13)17)4-5-14-11/h4-5,8-9H,6-7H2,1-3H3,(H2,13,17)(H,14,15). The van der Waals surface area contributed by atoms with Crippen molar-refractivity contribution >= 4 is 23.0 Å². The van der Waals surface area contributed by atoms with Crippen LogP contribution >= 0.6 is 12.2 Å². The van der Waals surface area contributed by atoms with Crippen LogP contribution in [0.1, 0.15) is 19.4 Å². The number of hydrogen-bond donors (Lipinski definition) is 2. The summed E-state index contributed by atoms with van der Waals surface area (Å²) >= 11 is 4.92. The number of aromatic nitrogens is 1. The molecule has 1 rings (SSSR count). The lowest BCUT2D eigenvalue weighted by Gasteiger charge is -2.21. The van der Waals surface area contributed by atoms with Crippen LogP contribution in [0.3, 0.4) is 0 Å². The number of likely N-dealkylation sites (N-methyl/N-ethyl adjacent to an activating group) is 1. The molecule has 0 bridgehead atoms. The van der Waals surface area contributed by atoms with Crippen molar-refractivity contribution in [2.75, 3.05) is 25.5 Å². The van der Waals surface area contributed by atoms with E-state index in [1.807, 2.05) is 12.1 Å². The van der Waals surface area contributed by atoms with Crippen LogP contribution in [0.5, 0.6) is 0 Å². The molecule has 0 radical (unpaired) electrons. The first-order valence-corrected chi connectivity index (χ1v) is 6.11. The molecule has 0 unspecified atom stereocenters. The van der Waals surface area contributed by atoms with Gasteiger partial charge < -0.3 is 16.0 Å². The van der Waals surface area contributed by atoms with Crippen molar-refractivity contribution in [2.45, 2.75) is 19.9 Å². The molecule has 0 aliphatic rings. The predicted octanol–water partition coefficient (Wildman–Crippen LogP) is 1.47. The first-order valence-electron chi connectivity index (χ1n) is 5.70. The molecule has 0 spiro atoms. The Labute approximate surface area is 108 Å². The summed E-state index contributed by atoms with van der Waals surface area (Å²) in [5.74, 6) is 0.812. The fourth-order valence-corrected chi connectivity index (χ4v) is 1.43. The maximum absolute atomic E-state index is 5.57. The van der Waals surface area contributed by atoms with Gasteiger partial charge in [-0.1, -0.05) is 12.2 Å². The van der Waals surface area contributed by atoms with Gasteiger partial charge in [-0.3, -0.25) is 0 Å². The molecule has 1 heterocycles. The first kappa shape index (κ1) is 13.9. The molecular weight excluding hydrogens is 232 g/mol. The van der Waals surface area contributed by atoms with Crippen LogP contribution in [0.2, 0.25) is 0 Å². The Hall–Kier alpha value is -1.20. The van der Waals surface area contributed by atoms with Gasteiger partial charge in [0.1, 0.15) is 10.8 Å². The van der Waals surface area contributed by atoms with Crippen molar-refractivity contribution in [2.24, 2.45) is 5.73 Å². The third-order valence-electron chi connectivity index (χ3n) is 2.70. The van der Waals surface area contributed by atoms with E-state index in [1.165, 1.54) is 0 Å². The van der Waals surface area contributed by atoms with Crippen LogP contribution in [0.25, 0.3) is 0 Å². The van der Waals surface area contributed by atoms with Crippen molar-refractivity contribution in [3.8, 4) is 0 Å². The van der Waals surface area contributed by atoms with Crippen molar-refractivity contribution in [1.82, 2.24) is 9.88 Å². The molecule has 3 N–H and O–H groups in total. The molecule has 4 nitrogen and oxygen atoms in total. The Bertz CT molecular complexity index is 379. The quantitative estimate of drug-likeness (QED) is 0.751. The number of rotatable bonds is 6. The zero-order chi connectivity index (χ0) is 12.8. The summed E-state index contributed by atoms with van der Waals surface area (Å²) in [7, 11) is 2.10. The van der Waals surface area contributed by atoms with E-state index in [-0.39, 0.29) is 0 Å². The van der Waals surface area contributed by atoms with Gasteiger partial charge >= 0.3 is 0 Å². The third-order valence-corrected chi connectivity index (χ3v) is 2.93. The van der Waals surface area contributed by atoms with Crippen LogP contribution in [0.15, 0.2) is 18.3 Å². The Morgan fingerprint density at radius 2 is 2.29 bits per heavy atom. The molecule has 0 fully saturated rings. The van der Waals surface area contributed by atoms with Gasteiger partial charge in [-0.25, -0.2) is 4.98 Å². The summed E-state index contributed by atoms with van der Waals surface area (Å²) in [5, 5.41) is 3.26. The zero-order valence-corrected chi connectivity index (χ0v) is 11.4. The van der Waals surface area contributed by atoms with Gasteiger partial charge in [-0.15, -0.1) is 0 Å². The molecule has 0 atom stereocenters. The van der Waals surface area contributed by atoms with E-state index < -0.39 is 0 Å². The highest BCUT2D eigenvalue weighted by Gasteiger charge is 2.03. The lowest BCUT2D eigenvalue weighted by molar-refractivity contribution is 0.284. The summed E-state index contributed by atoms with van der Waals surface area (Å²) in [6.45, 7) is 6.16. The molecule has 0 saturated heterocycles. The monoisotopic (exact) mass is 252 g/mol. The minimum atomic E-state index is 0.398. The summed E-state index contributed by atoms with van der Waals surface area (Å²) < 4.78 is 0. The van der Waals surface area contributed by atoms with Gasteiger partial charge in [-0.05, 0) is 33.0 Å². The first-order chi connectivity index (χ1) is 8.00. The molecule has 0 amide bonds. The average molecular weight is 252 g/mol. The van der Waals surface area contributed by atoms with Gasteiger partial charge in [0.15, 0.2) is 0 Å². The van der Waals surface area contributed by atoms with E-state index in [0.29, 0.717) is 11.0 Å². The van der Waals surface area contributed by atoms with Gasteiger partial charge in [-0.2, -0.15) is 0 Å². The molecule has 5 heteroatoms. The van der Waals surface area contributed by atoms with Gasteiger partial charge in [0.25, 0.3) is 0 Å².